The largest absolute Gasteiger partial charge is 0.496 e. The molecule has 0 fully saturated rings. The maximum Gasteiger partial charge on any atom is 0.308 e. The van der Waals surface area contributed by atoms with Crippen molar-refractivity contribution in [2.75, 3.05) is 32.2 Å². The van der Waals surface area contributed by atoms with Gasteiger partial charge in [-0.05, 0) is 35.9 Å². The van der Waals surface area contributed by atoms with Gasteiger partial charge in [0, 0.05) is 24.8 Å². The number of anilines is 1. The SMILES string of the molecule is COc1ccccc1C(=O)NCCC(=O)OCC(=O)c1ccc2c(c1)CC(=O)N2C. The maximum atomic E-state index is 12.3. The molecule has 2 amide bonds. The van der Waals surface area contributed by atoms with Gasteiger partial charge in [0.15, 0.2) is 12.4 Å². The molecule has 1 aliphatic heterocycles. The van der Waals surface area contributed by atoms with Gasteiger partial charge in [-0.3, -0.25) is 19.2 Å². The van der Waals surface area contributed by atoms with Crippen LogP contribution in [0.1, 0.15) is 32.7 Å². The summed E-state index contributed by atoms with van der Waals surface area (Å²) in [5.74, 6) is -0.915. The number of nitrogens with one attached hydrogen (secondary N) is 1. The lowest BCUT2D eigenvalue weighted by atomic mass is 10.1. The summed E-state index contributed by atoms with van der Waals surface area (Å²) in [5, 5.41) is 2.62. The van der Waals surface area contributed by atoms with Gasteiger partial charge in [0.25, 0.3) is 5.91 Å². The smallest absolute Gasteiger partial charge is 0.308 e. The van der Waals surface area contributed by atoms with Crippen LogP contribution in [0.3, 0.4) is 0 Å². The van der Waals surface area contributed by atoms with Crippen molar-refractivity contribution < 1.29 is 28.7 Å². The highest BCUT2D eigenvalue weighted by Crippen LogP contribution is 2.28. The first kappa shape index (κ1) is 21.0. The minimum atomic E-state index is -0.597. The van der Waals surface area contributed by atoms with Crippen LogP contribution in [-0.4, -0.2) is 50.9 Å². The van der Waals surface area contributed by atoms with Crippen LogP contribution in [0.15, 0.2) is 42.5 Å². The molecule has 0 bridgehead atoms. The second-order valence-corrected chi connectivity index (χ2v) is 6.76. The number of benzene rings is 2. The quantitative estimate of drug-likeness (QED) is 0.526. The average molecular weight is 410 g/mol. The number of hydrogen-bond acceptors (Lipinski definition) is 6. The van der Waals surface area contributed by atoms with E-state index >= 15 is 0 Å². The molecule has 0 radical (unpaired) electrons. The number of hydrogen-bond donors (Lipinski definition) is 1. The van der Waals surface area contributed by atoms with Gasteiger partial charge in [-0.2, -0.15) is 0 Å². The molecule has 30 heavy (non-hydrogen) atoms. The van der Waals surface area contributed by atoms with E-state index in [4.69, 9.17) is 9.47 Å². The third kappa shape index (κ3) is 4.65. The first-order chi connectivity index (χ1) is 14.4. The summed E-state index contributed by atoms with van der Waals surface area (Å²) in [6.45, 7) is -0.334. The van der Waals surface area contributed by atoms with Crippen molar-refractivity contribution in [2.24, 2.45) is 0 Å². The number of likely N-dealkylation sites (N-methyl/N-ethyl adjacent to an activating group) is 1. The molecule has 2 aromatic carbocycles. The lowest BCUT2D eigenvalue weighted by Gasteiger charge is -2.10. The average Bonchev–Trinajstić information content (AvgIpc) is 3.04. The van der Waals surface area contributed by atoms with Crippen LogP contribution in [0.25, 0.3) is 0 Å². The molecule has 1 N–H and O–H groups in total. The lowest BCUT2D eigenvalue weighted by molar-refractivity contribution is -0.142. The van der Waals surface area contributed by atoms with Crippen molar-refractivity contribution in [3.8, 4) is 5.75 Å². The Hall–Kier alpha value is -3.68. The van der Waals surface area contributed by atoms with Crippen LogP contribution in [0.2, 0.25) is 0 Å². The maximum absolute atomic E-state index is 12.3. The Morgan fingerprint density at radius 1 is 1.13 bits per heavy atom. The predicted octanol–water partition coefficient (Wildman–Crippen LogP) is 1.76. The van der Waals surface area contributed by atoms with Gasteiger partial charge in [0.1, 0.15) is 5.75 Å². The van der Waals surface area contributed by atoms with Gasteiger partial charge in [-0.25, -0.2) is 0 Å². The summed E-state index contributed by atoms with van der Waals surface area (Å²) >= 11 is 0. The van der Waals surface area contributed by atoms with Gasteiger partial charge in [-0.15, -0.1) is 0 Å². The normalized spacial score (nSPS) is 12.3. The van der Waals surface area contributed by atoms with E-state index in [0.29, 0.717) is 16.9 Å². The van der Waals surface area contributed by atoms with Gasteiger partial charge in [-0.1, -0.05) is 12.1 Å². The topological polar surface area (TPSA) is 102 Å². The first-order valence-electron chi connectivity index (χ1n) is 9.40. The molecule has 1 heterocycles. The van der Waals surface area contributed by atoms with Crippen LogP contribution in [0.5, 0.6) is 5.75 Å². The summed E-state index contributed by atoms with van der Waals surface area (Å²) in [4.78, 5) is 49.6. The van der Waals surface area contributed by atoms with Gasteiger partial charge < -0.3 is 19.7 Å². The molecule has 0 aromatic heterocycles. The summed E-state index contributed by atoms with van der Waals surface area (Å²) in [6, 6.07) is 11.7. The molecule has 2 aromatic rings. The van der Waals surface area contributed by atoms with E-state index in [0.717, 1.165) is 11.3 Å². The van der Waals surface area contributed by atoms with Crippen LogP contribution in [-0.2, 0) is 20.7 Å². The van der Waals surface area contributed by atoms with Crippen molar-refractivity contribution in [1.29, 1.82) is 0 Å². The van der Waals surface area contributed by atoms with Crippen LogP contribution < -0.4 is 15.0 Å². The van der Waals surface area contributed by atoms with E-state index in [1.807, 2.05) is 0 Å². The zero-order chi connectivity index (χ0) is 21.7. The van der Waals surface area contributed by atoms with Gasteiger partial charge in [0.05, 0.1) is 25.5 Å². The number of para-hydroxylation sites is 1. The van der Waals surface area contributed by atoms with Crippen molar-refractivity contribution in [1.82, 2.24) is 5.32 Å². The van der Waals surface area contributed by atoms with Crippen molar-refractivity contribution in [3.63, 3.8) is 0 Å². The number of nitrogens with zero attached hydrogens (tertiary/aromatic N) is 1. The fourth-order valence-corrected chi connectivity index (χ4v) is 3.15. The number of ether oxygens (including phenoxy) is 2. The van der Waals surface area contributed by atoms with E-state index in [1.165, 1.54) is 7.11 Å². The number of rotatable bonds is 8. The number of carbonyl (C=O) groups excluding carboxylic acids is 4. The molecule has 3 rings (SSSR count). The Morgan fingerprint density at radius 3 is 2.67 bits per heavy atom. The molecule has 8 nitrogen and oxygen atoms in total. The fourth-order valence-electron chi connectivity index (χ4n) is 3.15. The van der Waals surface area contributed by atoms with E-state index in [-0.39, 0.29) is 37.0 Å². The minimum absolute atomic E-state index is 0.0313. The van der Waals surface area contributed by atoms with Crippen LogP contribution in [0, 0.1) is 0 Å². The number of methoxy groups -OCH3 is 1. The number of esters is 1. The summed E-state index contributed by atoms with van der Waals surface area (Å²) in [5.41, 5.74) is 2.30. The van der Waals surface area contributed by atoms with Crippen LogP contribution >= 0.6 is 0 Å². The molecule has 1 aliphatic rings. The molecule has 0 saturated heterocycles. The third-order valence-corrected chi connectivity index (χ3v) is 4.81. The molecule has 0 atom stereocenters. The Kier molecular flexibility index (Phi) is 6.46. The number of Topliss-reactive ketones (excluding diaryl/α,β-unsaturated/α-hetero) is 1. The monoisotopic (exact) mass is 410 g/mol. The predicted molar refractivity (Wildman–Crippen MR) is 109 cm³/mol. The number of amides is 2. The standard InChI is InChI=1S/C22H22N2O6/c1-24-17-8-7-14(11-15(17)12-20(24)26)18(25)13-30-21(27)9-10-23-22(28)16-5-3-4-6-19(16)29-2/h3-8,11H,9-10,12-13H2,1-2H3,(H,23,28). The van der Waals surface area contributed by atoms with E-state index in [2.05, 4.69) is 5.32 Å². The lowest BCUT2D eigenvalue weighted by Crippen LogP contribution is -2.27. The van der Waals surface area contributed by atoms with Crippen LogP contribution in [0.4, 0.5) is 5.69 Å². The highest BCUT2D eigenvalue weighted by molar-refractivity contribution is 6.04. The van der Waals surface area contributed by atoms with E-state index < -0.39 is 12.6 Å². The molecule has 0 spiro atoms. The van der Waals surface area contributed by atoms with E-state index in [9.17, 15) is 19.2 Å². The Morgan fingerprint density at radius 2 is 1.90 bits per heavy atom. The molecular formula is C22H22N2O6. The Balaban J connectivity index is 1.45. The summed E-state index contributed by atoms with van der Waals surface area (Å²) in [7, 11) is 3.15. The summed E-state index contributed by atoms with van der Waals surface area (Å²) < 4.78 is 10.1. The van der Waals surface area contributed by atoms with Crippen molar-refractivity contribution in [3.05, 3.63) is 59.2 Å². The number of carbonyl (C=O) groups is 4. The highest BCUT2D eigenvalue weighted by atomic mass is 16.5. The Bertz CT molecular complexity index is 1000. The van der Waals surface area contributed by atoms with Crippen molar-refractivity contribution >= 4 is 29.3 Å². The van der Waals surface area contributed by atoms with Gasteiger partial charge >= 0.3 is 5.97 Å². The zero-order valence-corrected chi connectivity index (χ0v) is 16.8. The number of ketones is 1. The fraction of sp³-hybridized carbons (Fsp3) is 0.273. The molecular weight excluding hydrogens is 388 g/mol. The molecule has 8 heteroatoms. The van der Waals surface area contributed by atoms with E-state index in [1.54, 1.807) is 54.4 Å². The second-order valence-electron chi connectivity index (χ2n) is 6.76. The minimum Gasteiger partial charge on any atom is -0.496 e. The third-order valence-electron chi connectivity index (χ3n) is 4.81. The zero-order valence-electron chi connectivity index (χ0n) is 16.8. The highest BCUT2D eigenvalue weighted by Gasteiger charge is 2.25. The molecule has 0 saturated carbocycles. The first-order valence-corrected chi connectivity index (χ1v) is 9.40. The van der Waals surface area contributed by atoms with Gasteiger partial charge in [0.2, 0.25) is 5.91 Å². The number of fused-ring (bicyclic) bond motifs is 1. The van der Waals surface area contributed by atoms with Crippen molar-refractivity contribution in [2.45, 2.75) is 12.8 Å². The summed E-state index contributed by atoms with van der Waals surface area (Å²) in [6.07, 6.45) is 0.177. The molecule has 0 aliphatic carbocycles. The molecule has 156 valence electrons. The second kappa shape index (κ2) is 9.21. The Labute approximate surface area is 173 Å². The molecule has 0 unspecified atom stereocenters.